The molecule has 2 heterocycles. The molecule has 18 heavy (non-hydrogen) atoms. The quantitative estimate of drug-likeness (QED) is 0.840. The van der Waals surface area contributed by atoms with Gasteiger partial charge in [-0.05, 0) is 12.8 Å². The van der Waals surface area contributed by atoms with Gasteiger partial charge in [-0.25, -0.2) is 13.2 Å². The summed E-state index contributed by atoms with van der Waals surface area (Å²) in [6, 6.07) is 0. The predicted molar refractivity (Wildman–Crippen MR) is 62.5 cm³/mol. The molecule has 1 aromatic rings. The third-order valence-corrected chi connectivity index (χ3v) is 5.33. The van der Waals surface area contributed by atoms with Crippen molar-refractivity contribution < 1.29 is 23.1 Å². The second-order valence-electron chi connectivity index (χ2n) is 4.18. The lowest BCUT2D eigenvalue weighted by molar-refractivity contribution is 0.0679. The molecule has 1 aromatic heterocycles. The standard InChI is InChI=1S/C10H14N2O5S/c1-17-8-5-11-12(9(8)10(13)14)6-7-3-2-4-18(7,15)16/h5,7H,2-4,6H2,1H3,(H,13,14). The van der Waals surface area contributed by atoms with Gasteiger partial charge in [0.1, 0.15) is 0 Å². The Hall–Kier alpha value is -1.57. The molecule has 0 saturated carbocycles. The van der Waals surface area contributed by atoms with Gasteiger partial charge >= 0.3 is 5.97 Å². The predicted octanol–water partition coefficient (Wildman–Crippen LogP) is 0.167. The normalized spacial score (nSPS) is 21.9. The number of rotatable bonds is 4. The zero-order valence-corrected chi connectivity index (χ0v) is 10.7. The minimum Gasteiger partial charge on any atom is -0.493 e. The molecule has 1 aliphatic heterocycles. The Morgan fingerprint density at radius 2 is 2.39 bits per heavy atom. The first-order valence-electron chi connectivity index (χ1n) is 5.50. The van der Waals surface area contributed by atoms with Crippen molar-refractivity contribution in [2.75, 3.05) is 12.9 Å². The van der Waals surface area contributed by atoms with Crippen LogP contribution in [0.1, 0.15) is 23.3 Å². The van der Waals surface area contributed by atoms with Crippen LogP contribution >= 0.6 is 0 Å². The zero-order chi connectivity index (χ0) is 13.3. The average molecular weight is 274 g/mol. The topological polar surface area (TPSA) is 98.5 Å². The van der Waals surface area contributed by atoms with E-state index in [2.05, 4.69) is 5.10 Å². The van der Waals surface area contributed by atoms with Gasteiger partial charge < -0.3 is 9.84 Å². The third-order valence-electron chi connectivity index (χ3n) is 3.07. The number of carboxylic acids is 1. The molecular weight excluding hydrogens is 260 g/mol. The van der Waals surface area contributed by atoms with E-state index in [-0.39, 0.29) is 23.7 Å². The summed E-state index contributed by atoms with van der Waals surface area (Å²) in [4.78, 5) is 11.1. The highest BCUT2D eigenvalue weighted by atomic mass is 32.2. The molecule has 0 bridgehead atoms. The highest BCUT2D eigenvalue weighted by Crippen LogP contribution is 2.24. The van der Waals surface area contributed by atoms with Gasteiger partial charge in [-0.15, -0.1) is 0 Å². The number of carbonyl (C=O) groups is 1. The number of carboxylic acid groups (broad SMARTS) is 1. The SMILES string of the molecule is COc1cnn(CC2CCCS2(=O)=O)c1C(=O)O. The van der Waals surface area contributed by atoms with Crippen molar-refractivity contribution in [3.8, 4) is 5.75 Å². The molecule has 8 heteroatoms. The van der Waals surface area contributed by atoms with Gasteiger partial charge in [-0.1, -0.05) is 0 Å². The number of aromatic carboxylic acids is 1. The smallest absolute Gasteiger partial charge is 0.358 e. The van der Waals surface area contributed by atoms with Crippen LogP contribution in [0.2, 0.25) is 0 Å². The molecule has 0 aliphatic carbocycles. The van der Waals surface area contributed by atoms with E-state index in [0.29, 0.717) is 12.8 Å². The lowest BCUT2D eigenvalue weighted by Crippen LogP contribution is -2.25. The van der Waals surface area contributed by atoms with Crippen LogP contribution in [0.3, 0.4) is 0 Å². The van der Waals surface area contributed by atoms with Gasteiger partial charge in [0.15, 0.2) is 21.3 Å². The van der Waals surface area contributed by atoms with Crippen molar-refractivity contribution in [1.82, 2.24) is 9.78 Å². The molecule has 100 valence electrons. The lowest BCUT2D eigenvalue weighted by Gasteiger charge is -2.11. The highest BCUT2D eigenvalue weighted by Gasteiger charge is 2.33. The second kappa shape index (κ2) is 4.60. The summed E-state index contributed by atoms with van der Waals surface area (Å²) in [7, 11) is -1.77. The summed E-state index contributed by atoms with van der Waals surface area (Å²) in [6.07, 6.45) is 2.45. The van der Waals surface area contributed by atoms with Crippen LogP contribution in [-0.4, -0.2) is 47.4 Å². The summed E-state index contributed by atoms with van der Waals surface area (Å²) in [5.74, 6) is -0.879. The molecule has 1 unspecified atom stereocenters. The largest absolute Gasteiger partial charge is 0.493 e. The van der Waals surface area contributed by atoms with E-state index in [0.717, 1.165) is 0 Å². The summed E-state index contributed by atoms with van der Waals surface area (Å²) in [5.41, 5.74) is -0.111. The molecule has 7 nitrogen and oxygen atoms in total. The van der Waals surface area contributed by atoms with Crippen LogP contribution in [0.25, 0.3) is 0 Å². The zero-order valence-electron chi connectivity index (χ0n) is 9.87. The van der Waals surface area contributed by atoms with Crippen molar-refractivity contribution in [2.45, 2.75) is 24.6 Å². The molecule has 1 aliphatic rings. The average Bonchev–Trinajstić information content (AvgIpc) is 2.83. The second-order valence-corrected chi connectivity index (χ2v) is 6.58. The maximum Gasteiger partial charge on any atom is 0.358 e. The number of aromatic nitrogens is 2. The number of hydrogen-bond donors (Lipinski definition) is 1. The number of hydrogen-bond acceptors (Lipinski definition) is 5. The van der Waals surface area contributed by atoms with Gasteiger partial charge in [-0.3, -0.25) is 4.68 Å². The molecular formula is C10H14N2O5S. The van der Waals surface area contributed by atoms with Crippen LogP contribution < -0.4 is 4.74 Å². The first-order valence-corrected chi connectivity index (χ1v) is 7.22. The number of methoxy groups -OCH3 is 1. The maximum absolute atomic E-state index is 11.7. The molecule has 2 rings (SSSR count). The molecule has 1 saturated heterocycles. The van der Waals surface area contributed by atoms with Crippen molar-refractivity contribution in [3.63, 3.8) is 0 Å². The molecule has 1 N–H and O–H groups in total. The van der Waals surface area contributed by atoms with E-state index < -0.39 is 21.1 Å². The minimum atomic E-state index is -3.12. The van der Waals surface area contributed by atoms with Crippen molar-refractivity contribution >= 4 is 15.8 Å². The Kier molecular flexibility index (Phi) is 3.29. The molecule has 0 radical (unpaired) electrons. The van der Waals surface area contributed by atoms with Gasteiger partial charge in [0.25, 0.3) is 0 Å². The van der Waals surface area contributed by atoms with Gasteiger partial charge in [0.2, 0.25) is 0 Å². The van der Waals surface area contributed by atoms with Crippen LogP contribution in [-0.2, 0) is 16.4 Å². The molecule has 1 atom stereocenters. The number of sulfone groups is 1. The lowest BCUT2D eigenvalue weighted by atomic mass is 10.2. The molecule has 0 aromatic carbocycles. The first kappa shape index (κ1) is 12.9. The van der Waals surface area contributed by atoms with Crippen LogP contribution in [0, 0.1) is 0 Å². The first-order chi connectivity index (χ1) is 8.45. The summed E-state index contributed by atoms with van der Waals surface area (Å²) in [6.45, 7) is 0.0628. The van der Waals surface area contributed by atoms with Gasteiger partial charge in [0, 0.05) is 0 Å². The van der Waals surface area contributed by atoms with Crippen molar-refractivity contribution in [3.05, 3.63) is 11.9 Å². The van der Waals surface area contributed by atoms with Crippen molar-refractivity contribution in [1.29, 1.82) is 0 Å². The van der Waals surface area contributed by atoms with E-state index in [9.17, 15) is 13.2 Å². The fourth-order valence-corrected chi connectivity index (χ4v) is 3.92. The van der Waals surface area contributed by atoms with Crippen LogP contribution in [0.4, 0.5) is 0 Å². The van der Waals surface area contributed by atoms with Crippen molar-refractivity contribution in [2.24, 2.45) is 0 Å². The van der Waals surface area contributed by atoms with Gasteiger partial charge in [-0.2, -0.15) is 5.10 Å². The summed E-state index contributed by atoms with van der Waals surface area (Å²) >= 11 is 0. The molecule has 1 fully saturated rings. The minimum absolute atomic E-state index is 0.0628. The monoisotopic (exact) mass is 274 g/mol. The summed E-state index contributed by atoms with van der Waals surface area (Å²) in [5, 5.41) is 12.4. The molecule has 0 amide bonds. The molecule has 0 spiro atoms. The fraction of sp³-hybridized carbons (Fsp3) is 0.600. The van der Waals surface area contributed by atoms with Gasteiger partial charge in [0.05, 0.1) is 30.9 Å². The van der Waals surface area contributed by atoms with Crippen LogP contribution in [0.5, 0.6) is 5.75 Å². The Balaban J connectivity index is 2.30. The Morgan fingerprint density at radius 3 is 2.89 bits per heavy atom. The summed E-state index contributed by atoms with van der Waals surface area (Å²) < 4.78 is 29.5. The Bertz CT molecular complexity index is 563. The van der Waals surface area contributed by atoms with E-state index in [1.165, 1.54) is 18.0 Å². The maximum atomic E-state index is 11.7. The van der Waals surface area contributed by atoms with E-state index in [4.69, 9.17) is 9.84 Å². The number of ether oxygens (including phenoxy) is 1. The fourth-order valence-electron chi connectivity index (χ4n) is 2.13. The highest BCUT2D eigenvalue weighted by molar-refractivity contribution is 7.92. The Labute approximate surface area is 104 Å². The third kappa shape index (κ3) is 2.20. The number of nitrogens with zero attached hydrogens (tertiary/aromatic N) is 2. The van der Waals surface area contributed by atoms with E-state index >= 15 is 0 Å². The van der Waals surface area contributed by atoms with E-state index in [1.807, 2.05) is 0 Å². The van der Waals surface area contributed by atoms with E-state index in [1.54, 1.807) is 0 Å². The Morgan fingerprint density at radius 1 is 1.67 bits per heavy atom. The van der Waals surface area contributed by atoms with Crippen LogP contribution in [0.15, 0.2) is 6.20 Å².